The highest BCUT2D eigenvalue weighted by molar-refractivity contribution is 7.47. The van der Waals surface area contributed by atoms with Crippen molar-refractivity contribution in [3.05, 3.63) is 24.3 Å². The number of aliphatic hydroxyl groups is 1. The summed E-state index contributed by atoms with van der Waals surface area (Å²) < 4.78 is 68.2. The van der Waals surface area contributed by atoms with Gasteiger partial charge < -0.3 is 33.8 Å². The van der Waals surface area contributed by atoms with Gasteiger partial charge in [0.1, 0.15) is 19.3 Å². The third kappa shape index (κ3) is 66.0. The number of ether oxygens (including phenoxy) is 4. The Kier molecular flexibility index (Phi) is 60.7. The molecular weight excluding hydrogens is 1200 g/mol. The molecule has 0 spiro atoms. The molecule has 0 aliphatic rings. The van der Waals surface area contributed by atoms with Crippen LogP contribution in [0.2, 0.25) is 0 Å². The third-order valence-corrected chi connectivity index (χ3v) is 17.9. The smallest absolute Gasteiger partial charge is 0.462 e. The minimum Gasteiger partial charge on any atom is -0.462 e. The van der Waals surface area contributed by atoms with Crippen LogP contribution in [0, 0.1) is 17.8 Å². The molecule has 0 saturated carbocycles. The van der Waals surface area contributed by atoms with Crippen LogP contribution in [0.1, 0.15) is 337 Å². The molecule has 0 fully saturated rings. The van der Waals surface area contributed by atoms with Gasteiger partial charge in [0.25, 0.3) is 0 Å². The Morgan fingerprint density at radius 2 is 0.593 bits per heavy atom. The first kappa shape index (κ1) is 88.5. The van der Waals surface area contributed by atoms with Crippen LogP contribution in [0.15, 0.2) is 24.3 Å². The maximum Gasteiger partial charge on any atom is 0.472 e. The number of esters is 4. The number of carbonyl (C=O) groups excluding carboxylic acids is 4. The van der Waals surface area contributed by atoms with Crippen LogP contribution >= 0.6 is 15.6 Å². The minimum absolute atomic E-state index is 0.0835. The lowest BCUT2D eigenvalue weighted by atomic mass is 10.0. The molecule has 5 atom stereocenters. The number of phosphoric acid groups is 2. The summed E-state index contributed by atoms with van der Waals surface area (Å²) in [6, 6.07) is 0. The number of unbranched alkanes of at least 4 members (excludes halogenated alkanes) is 33. The summed E-state index contributed by atoms with van der Waals surface area (Å²) >= 11 is 0. The molecule has 0 aromatic carbocycles. The van der Waals surface area contributed by atoms with Crippen LogP contribution < -0.4 is 0 Å². The van der Waals surface area contributed by atoms with E-state index in [4.69, 9.17) is 37.0 Å². The van der Waals surface area contributed by atoms with Gasteiger partial charge in [-0.25, -0.2) is 9.13 Å². The zero-order chi connectivity index (χ0) is 67.3. The zero-order valence-corrected chi connectivity index (χ0v) is 60.6. The van der Waals surface area contributed by atoms with Crippen molar-refractivity contribution in [1.29, 1.82) is 0 Å². The second-order valence-electron chi connectivity index (χ2n) is 26.7. The number of hydrogen-bond acceptors (Lipinski definition) is 15. The lowest BCUT2D eigenvalue weighted by Crippen LogP contribution is -2.30. The van der Waals surface area contributed by atoms with E-state index in [9.17, 15) is 43.2 Å². The van der Waals surface area contributed by atoms with Gasteiger partial charge in [0.05, 0.1) is 26.4 Å². The van der Waals surface area contributed by atoms with Gasteiger partial charge in [-0.1, -0.05) is 285 Å². The second-order valence-corrected chi connectivity index (χ2v) is 29.6. The van der Waals surface area contributed by atoms with E-state index in [0.29, 0.717) is 37.5 Å². The molecule has 0 amide bonds. The van der Waals surface area contributed by atoms with Crippen molar-refractivity contribution in [2.75, 3.05) is 39.6 Å². The van der Waals surface area contributed by atoms with Gasteiger partial charge >= 0.3 is 39.5 Å². The molecule has 0 radical (unpaired) electrons. The van der Waals surface area contributed by atoms with E-state index in [1.54, 1.807) is 0 Å². The van der Waals surface area contributed by atoms with E-state index >= 15 is 0 Å². The molecule has 536 valence electrons. The monoisotopic (exact) mass is 1330 g/mol. The molecule has 0 aliphatic heterocycles. The van der Waals surface area contributed by atoms with Gasteiger partial charge in [0, 0.05) is 25.7 Å². The largest absolute Gasteiger partial charge is 0.472 e. The average Bonchev–Trinajstić information content (AvgIpc) is 3.58. The second kappa shape index (κ2) is 62.4. The van der Waals surface area contributed by atoms with E-state index < -0.39 is 97.5 Å². The summed E-state index contributed by atoms with van der Waals surface area (Å²) in [5, 5.41) is 10.6. The van der Waals surface area contributed by atoms with Gasteiger partial charge in [-0.05, 0) is 69.1 Å². The number of hydrogen-bond donors (Lipinski definition) is 3. The third-order valence-electron chi connectivity index (χ3n) is 16.0. The molecule has 0 aromatic rings. The lowest BCUT2D eigenvalue weighted by molar-refractivity contribution is -0.161. The van der Waals surface area contributed by atoms with Crippen molar-refractivity contribution in [1.82, 2.24) is 0 Å². The molecule has 0 aliphatic carbocycles. The van der Waals surface area contributed by atoms with Gasteiger partial charge in [-0.2, -0.15) is 0 Å². The Bertz CT molecular complexity index is 1880. The fraction of sp³-hybridized carbons (Fsp3) is 0.889. The molecular formula is C72H136O17P2. The molecule has 0 aromatic heterocycles. The molecule has 17 nitrogen and oxygen atoms in total. The van der Waals surface area contributed by atoms with Crippen molar-refractivity contribution < 1.29 is 80.2 Å². The van der Waals surface area contributed by atoms with E-state index in [1.807, 2.05) is 0 Å². The normalized spacial score (nSPS) is 14.3. The Hall–Kier alpha value is -2.46. The minimum atomic E-state index is -4.96. The van der Waals surface area contributed by atoms with Crippen molar-refractivity contribution >= 4 is 39.5 Å². The number of allylic oxidation sites excluding steroid dienone is 4. The highest BCUT2D eigenvalue weighted by Gasteiger charge is 2.30. The van der Waals surface area contributed by atoms with Crippen molar-refractivity contribution in [3.8, 4) is 0 Å². The van der Waals surface area contributed by atoms with E-state index in [-0.39, 0.29) is 25.7 Å². The highest BCUT2D eigenvalue weighted by Crippen LogP contribution is 2.45. The maximum atomic E-state index is 13.0. The number of phosphoric ester groups is 2. The first-order valence-electron chi connectivity index (χ1n) is 36.7. The summed E-state index contributed by atoms with van der Waals surface area (Å²) in [7, 11) is -9.92. The van der Waals surface area contributed by atoms with Crippen LogP contribution in [-0.2, 0) is 65.4 Å². The summed E-state index contributed by atoms with van der Waals surface area (Å²) in [6.07, 6.45) is 49.7. The lowest BCUT2D eigenvalue weighted by Gasteiger charge is -2.21. The van der Waals surface area contributed by atoms with E-state index in [0.717, 1.165) is 121 Å². The van der Waals surface area contributed by atoms with Crippen LogP contribution in [0.4, 0.5) is 0 Å². The van der Waals surface area contributed by atoms with Gasteiger partial charge in [-0.15, -0.1) is 0 Å². The molecule has 91 heavy (non-hydrogen) atoms. The van der Waals surface area contributed by atoms with Gasteiger partial charge in [0.15, 0.2) is 12.2 Å². The predicted octanol–water partition coefficient (Wildman–Crippen LogP) is 20.2. The maximum absolute atomic E-state index is 13.0. The Labute approximate surface area is 554 Å². The number of rotatable bonds is 68. The van der Waals surface area contributed by atoms with Crippen LogP contribution in [0.25, 0.3) is 0 Å². The predicted molar refractivity (Wildman–Crippen MR) is 367 cm³/mol. The SMILES string of the molecule is CCCCCC/C=C\C=C/CCCCCCCC(=O)O[C@H](COC(=O)CCCCCCCCC(C)C)COP(=O)(O)OCC(O)COP(=O)(O)OC[C@@H](COC(=O)CCCCCCCCCC(C)C)OC(=O)CCCCCCCCCCCCCCCCC(C)C. The van der Waals surface area contributed by atoms with Gasteiger partial charge in [-0.3, -0.25) is 37.3 Å². The topological polar surface area (TPSA) is 237 Å². The number of aliphatic hydroxyl groups excluding tert-OH is 1. The molecule has 0 saturated heterocycles. The van der Waals surface area contributed by atoms with Crippen LogP contribution in [-0.4, -0.2) is 96.7 Å². The number of carbonyl (C=O) groups is 4. The Balaban J connectivity index is 5.25. The average molecular weight is 1340 g/mol. The summed E-state index contributed by atoms with van der Waals surface area (Å²) in [5.74, 6) is 0.0154. The fourth-order valence-electron chi connectivity index (χ4n) is 10.4. The van der Waals surface area contributed by atoms with Crippen molar-refractivity contribution in [2.24, 2.45) is 17.8 Å². The first-order valence-corrected chi connectivity index (χ1v) is 39.7. The summed E-state index contributed by atoms with van der Waals surface area (Å²) in [6.45, 7) is 11.7. The molecule has 3 N–H and O–H groups in total. The standard InChI is InChI=1S/C72H136O17P2/c1-8-9-10-11-12-13-14-15-16-20-23-26-31-41-48-56-72(77)89-68(60-83-70(75)54-47-40-35-34-38-45-52-65(6)7)62-87-91(80,81)85-58-66(73)57-84-90(78,79)86-61-67(59-82-69(74)53-46-39-33-28-30-37-44-51-64(4)5)88-71(76)55-49-42-32-27-24-21-18-17-19-22-25-29-36-43-50-63(2)3/h13-16,63-68,73H,8-12,17-62H2,1-7H3,(H,78,79)(H,80,81)/b14-13-,16-15-/t66?,67-,68-/m1/s1. The van der Waals surface area contributed by atoms with E-state index in [2.05, 4.69) is 72.8 Å². The van der Waals surface area contributed by atoms with Crippen LogP contribution in [0.3, 0.4) is 0 Å². The quantitative estimate of drug-likeness (QED) is 0.0169. The molecule has 0 bridgehead atoms. The van der Waals surface area contributed by atoms with Crippen molar-refractivity contribution in [2.45, 2.75) is 356 Å². The summed E-state index contributed by atoms with van der Waals surface area (Å²) in [4.78, 5) is 72.5. The Morgan fingerprint density at radius 3 is 0.890 bits per heavy atom. The fourth-order valence-corrected chi connectivity index (χ4v) is 11.9. The zero-order valence-electron chi connectivity index (χ0n) is 58.8. The first-order chi connectivity index (χ1) is 43.7. The Morgan fingerprint density at radius 1 is 0.341 bits per heavy atom. The van der Waals surface area contributed by atoms with Crippen molar-refractivity contribution in [3.63, 3.8) is 0 Å². The molecule has 3 unspecified atom stereocenters. The molecule has 0 rings (SSSR count). The van der Waals surface area contributed by atoms with Crippen LogP contribution in [0.5, 0.6) is 0 Å². The summed E-state index contributed by atoms with van der Waals surface area (Å²) in [5.41, 5.74) is 0. The van der Waals surface area contributed by atoms with Gasteiger partial charge in [0.2, 0.25) is 0 Å². The molecule has 0 heterocycles. The molecule has 19 heteroatoms. The highest BCUT2D eigenvalue weighted by atomic mass is 31.2. The van der Waals surface area contributed by atoms with E-state index in [1.165, 1.54) is 122 Å².